The third-order valence-corrected chi connectivity index (χ3v) is 3.03. The largest absolute Gasteiger partial charge is 0.416 e. The van der Waals surface area contributed by atoms with Crippen molar-refractivity contribution in [2.24, 2.45) is 0 Å². The Morgan fingerprint density at radius 1 is 1.04 bits per heavy atom. The number of nitrogens with zero attached hydrogens (tertiary/aromatic N) is 1. The van der Waals surface area contributed by atoms with Crippen molar-refractivity contribution in [3.05, 3.63) is 63.3 Å². The molecule has 1 heterocycles. The second-order valence-electron chi connectivity index (χ2n) is 4.42. The summed E-state index contributed by atoms with van der Waals surface area (Å²) < 4.78 is 65.0. The van der Waals surface area contributed by atoms with Crippen LogP contribution in [0, 0.1) is 0 Å². The second kappa shape index (κ2) is 6.11. The van der Waals surface area contributed by atoms with Gasteiger partial charge in [-0.3, -0.25) is 0 Å². The molecule has 0 aliphatic rings. The number of aromatic amines is 1. The van der Waals surface area contributed by atoms with Crippen LogP contribution in [0.3, 0.4) is 0 Å². The summed E-state index contributed by atoms with van der Waals surface area (Å²) in [5, 5.41) is -3.83. The van der Waals surface area contributed by atoms with Gasteiger partial charge in [0, 0.05) is 6.20 Å². The smallest absolute Gasteiger partial charge is 0.312 e. The standard InChI is InChI=1S/C14H8ClF5N2O/c15-13(16,17)10-7-21-12(23)22-11(10)6-5-8-3-1-2-4-9(8)14(18,19)20/h1-7H,(H,21,22,23). The molecule has 0 saturated heterocycles. The van der Waals surface area contributed by atoms with Crippen molar-refractivity contribution in [3.8, 4) is 0 Å². The lowest BCUT2D eigenvalue weighted by atomic mass is 10.1. The third kappa shape index (κ3) is 4.16. The van der Waals surface area contributed by atoms with Crippen molar-refractivity contribution in [1.29, 1.82) is 0 Å². The molecular weight excluding hydrogens is 343 g/mol. The fraction of sp³-hybridized carbons (Fsp3) is 0.143. The molecule has 0 saturated carbocycles. The number of aromatic nitrogens is 2. The Morgan fingerprint density at radius 2 is 1.70 bits per heavy atom. The lowest BCUT2D eigenvalue weighted by Gasteiger charge is -2.11. The number of benzene rings is 1. The van der Waals surface area contributed by atoms with E-state index in [1.54, 1.807) is 0 Å². The summed E-state index contributed by atoms with van der Waals surface area (Å²) in [6.07, 6.45) is -2.12. The van der Waals surface area contributed by atoms with Crippen LogP contribution in [0.2, 0.25) is 0 Å². The highest BCUT2D eigenvalue weighted by Crippen LogP contribution is 2.35. The topological polar surface area (TPSA) is 45.8 Å². The molecule has 0 spiro atoms. The molecule has 0 aliphatic heterocycles. The SMILES string of the molecule is O=c1nc(C=Cc2ccccc2C(F)(F)F)c(C(F)(F)Cl)c[nH]1. The van der Waals surface area contributed by atoms with Crippen molar-refractivity contribution < 1.29 is 22.0 Å². The Morgan fingerprint density at radius 3 is 2.30 bits per heavy atom. The molecule has 1 aromatic heterocycles. The molecule has 2 aromatic rings. The van der Waals surface area contributed by atoms with E-state index in [1.165, 1.54) is 12.1 Å². The van der Waals surface area contributed by atoms with Gasteiger partial charge in [0.05, 0.1) is 16.8 Å². The lowest BCUT2D eigenvalue weighted by Crippen LogP contribution is -2.17. The fourth-order valence-corrected chi connectivity index (χ4v) is 1.98. The van der Waals surface area contributed by atoms with Crippen molar-refractivity contribution in [3.63, 3.8) is 0 Å². The second-order valence-corrected chi connectivity index (χ2v) is 4.90. The van der Waals surface area contributed by atoms with E-state index in [4.69, 9.17) is 11.6 Å². The highest BCUT2D eigenvalue weighted by Gasteiger charge is 2.33. The van der Waals surface area contributed by atoms with Gasteiger partial charge >= 0.3 is 17.2 Å². The monoisotopic (exact) mass is 350 g/mol. The van der Waals surface area contributed by atoms with Crippen molar-refractivity contribution in [2.45, 2.75) is 11.6 Å². The van der Waals surface area contributed by atoms with E-state index >= 15 is 0 Å². The van der Waals surface area contributed by atoms with Gasteiger partial charge in [-0.05, 0) is 29.3 Å². The first-order valence-corrected chi connectivity index (χ1v) is 6.48. The molecule has 0 radical (unpaired) electrons. The van der Waals surface area contributed by atoms with E-state index < -0.39 is 34.1 Å². The van der Waals surface area contributed by atoms with E-state index in [1.807, 2.05) is 4.98 Å². The Kier molecular flexibility index (Phi) is 4.56. The first kappa shape index (κ1) is 17.1. The quantitative estimate of drug-likeness (QED) is 0.664. The summed E-state index contributed by atoms with van der Waals surface area (Å²) in [4.78, 5) is 16.4. The average molecular weight is 351 g/mol. The van der Waals surface area contributed by atoms with Crippen LogP contribution >= 0.6 is 11.6 Å². The van der Waals surface area contributed by atoms with Gasteiger partial charge in [0.15, 0.2) is 0 Å². The number of rotatable bonds is 3. The van der Waals surface area contributed by atoms with Crippen LogP contribution in [0.4, 0.5) is 22.0 Å². The summed E-state index contributed by atoms with van der Waals surface area (Å²) in [5.41, 5.74) is -3.48. The molecule has 1 aromatic carbocycles. The van der Waals surface area contributed by atoms with E-state index in [9.17, 15) is 26.7 Å². The molecule has 9 heteroatoms. The van der Waals surface area contributed by atoms with Crippen LogP contribution in [-0.4, -0.2) is 9.97 Å². The Hall–Kier alpha value is -2.22. The minimum absolute atomic E-state index is 0.258. The van der Waals surface area contributed by atoms with E-state index in [2.05, 4.69) is 4.98 Å². The van der Waals surface area contributed by atoms with Crippen LogP contribution in [0.25, 0.3) is 12.2 Å². The molecule has 3 nitrogen and oxygen atoms in total. The van der Waals surface area contributed by atoms with Crippen LogP contribution in [0.15, 0.2) is 35.3 Å². The Balaban J connectivity index is 2.51. The summed E-state index contributed by atoms with van der Waals surface area (Å²) in [6.45, 7) is 0. The van der Waals surface area contributed by atoms with Gasteiger partial charge in [-0.15, -0.1) is 0 Å². The zero-order valence-corrected chi connectivity index (χ0v) is 11.9. The van der Waals surface area contributed by atoms with Crippen LogP contribution in [0.1, 0.15) is 22.4 Å². The number of hydrogen-bond acceptors (Lipinski definition) is 2. The molecular formula is C14H8ClF5N2O. The van der Waals surface area contributed by atoms with Crippen LogP contribution in [0.5, 0.6) is 0 Å². The predicted octanol–water partition coefficient (Wildman–Crippen LogP) is 4.25. The molecule has 0 unspecified atom stereocenters. The van der Waals surface area contributed by atoms with Gasteiger partial charge in [-0.2, -0.15) is 26.9 Å². The lowest BCUT2D eigenvalue weighted by molar-refractivity contribution is -0.137. The van der Waals surface area contributed by atoms with Gasteiger partial charge in [0.2, 0.25) is 0 Å². The minimum Gasteiger partial charge on any atom is -0.312 e. The van der Waals surface area contributed by atoms with Gasteiger partial charge < -0.3 is 4.98 Å². The zero-order chi connectivity index (χ0) is 17.3. The number of alkyl halides is 6. The summed E-state index contributed by atoms with van der Waals surface area (Å²) in [7, 11) is 0. The number of H-pyrrole nitrogens is 1. The normalized spacial score (nSPS) is 12.8. The van der Waals surface area contributed by atoms with Gasteiger partial charge in [-0.25, -0.2) is 4.79 Å². The maximum absolute atomic E-state index is 13.2. The maximum Gasteiger partial charge on any atom is 0.416 e. The van der Waals surface area contributed by atoms with E-state index in [-0.39, 0.29) is 5.56 Å². The number of nitrogens with one attached hydrogen (secondary N) is 1. The summed E-state index contributed by atoms with van der Waals surface area (Å²) >= 11 is 4.89. The summed E-state index contributed by atoms with van der Waals surface area (Å²) in [5.74, 6) is 0. The Labute approximate surface area is 131 Å². The van der Waals surface area contributed by atoms with Gasteiger partial charge in [-0.1, -0.05) is 24.3 Å². The summed E-state index contributed by atoms with van der Waals surface area (Å²) in [6, 6.07) is 4.56. The number of halogens is 6. The minimum atomic E-state index is -4.61. The maximum atomic E-state index is 13.2. The molecule has 122 valence electrons. The fourth-order valence-electron chi connectivity index (χ4n) is 1.83. The molecule has 0 fully saturated rings. The first-order chi connectivity index (χ1) is 10.6. The highest BCUT2D eigenvalue weighted by molar-refractivity contribution is 6.22. The highest BCUT2D eigenvalue weighted by atomic mass is 35.5. The third-order valence-electron chi connectivity index (χ3n) is 2.83. The van der Waals surface area contributed by atoms with Crippen molar-refractivity contribution in [2.75, 3.05) is 0 Å². The number of hydrogen-bond donors (Lipinski definition) is 1. The molecule has 1 N–H and O–H groups in total. The van der Waals surface area contributed by atoms with Crippen molar-refractivity contribution in [1.82, 2.24) is 9.97 Å². The Bertz CT molecular complexity index is 793. The van der Waals surface area contributed by atoms with Crippen molar-refractivity contribution >= 4 is 23.8 Å². The molecule has 23 heavy (non-hydrogen) atoms. The van der Waals surface area contributed by atoms with Gasteiger partial charge in [0.25, 0.3) is 0 Å². The molecule has 2 rings (SSSR count). The molecule has 0 atom stereocenters. The first-order valence-electron chi connectivity index (χ1n) is 6.10. The zero-order valence-electron chi connectivity index (χ0n) is 11.2. The van der Waals surface area contributed by atoms with Crippen LogP contribution < -0.4 is 5.69 Å². The molecule has 0 aliphatic carbocycles. The predicted molar refractivity (Wildman–Crippen MR) is 75.0 cm³/mol. The molecule has 0 amide bonds. The average Bonchev–Trinajstić information content (AvgIpc) is 2.43. The molecule has 0 bridgehead atoms. The van der Waals surface area contributed by atoms with Crippen LogP contribution in [-0.2, 0) is 11.6 Å². The van der Waals surface area contributed by atoms with Gasteiger partial charge in [0.1, 0.15) is 0 Å². The van der Waals surface area contributed by atoms with E-state index in [0.29, 0.717) is 6.20 Å². The van der Waals surface area contributed by atoms with E-state index in [0.717, 1.165) is 24.3 Å².